The van der Waals surface area contributed by atoms with Crippen molar-refractivity contribution in [2.24, 2.45) is 0 Å². The molecule has 0 saturated carbocycles. The molecular weight excluding hydrogens is 132 g/mol. The van der Waals surface area contributed by atoms with E-state index in [1.54, 1.807) is 7.11 Å². The van der Waals surface area contributed by atoms with E-state index in [1.807, 2.05) is 0 Å². The Labute approximate surface area is 60.3 Å². The van der Waals surface area contributed by atoms with Crippen LogP contribution >= 0.6 is 0 Å². The average molecular weight is 144 g/mol. The summed E-state index contributed by atoms with van der Waals surface area (Å²) in [6.07, 6.45) is 1.03. The number of carbonyl (C=O) groups is 1. The van der Waals surface area contributed by atoms with Crippen molar-refractivity contribution in [3.05, 3.63) is 0 Å². The summed E-state index contributed by atoms with van der Waals surface area (Å²) in [6.45, 7) is 1.11. The Hall–Kier alpha value is -0.410. The largest absolute Gasteiger partial charge is 0.379 e. The minimum Gasteiger partial charge on any atom is -0.379 e. The number of hydrogen-bond acceptors (Lipinski definition) is 3. The number of ether oxygens (including phenoxy) is 2. The number of carbonyl (C=O) groups excluding carboxylic acids is 1. The molecule has 0 aromatic rings. The van der Waals surface area contributed by atoms with Gasteiger partial charge in [0.25, 0.3) is 0 Å². The van der Waals surface area contributed by atoms with Crippen molar-refractivity contribution >= 4 is 5.78 Å². The molecular formula is C7H12O3. The van der Waals surface area contributed by atoms with Gasteiger partial charge < -0.3 is 9.47 Å². The number of rotatable bonds is 1. The van der Waals surface area contributed by atoms with Crippen LogP contribution in [-0.4, -0.2) is 32.2 Å². The second-order valence-electron chi connectivity index (χ2n) is 2.43. The Morgan fingerprint density at radius 2 is 2.50 bits per heavy atom. The summed E-state index contributed by atoms with van der Waals surface area (Å²) < 4.78 is 10.1. The molecule has 0 aliphatic carbocycles. The van der Waals surface area contributed by atoms with Crippen molar-refractivity contribution in [2.75, 3.05) is 20.3 Å². The topological polar surface area (TPSA) is 35.5 Å². The van der Waals surface area contributed by atoms with Crippen LogP contribution in [0.2, 0.25) is 0 Å². The molecule has 0 amide bonds. The van der Waals surface area contributed by atoms with Gasteiger partial charge in [0.15, 0.2) is 0 Å². The summed E-state index contributed by atoms with van der Waals surface area (Å²) >= 11 is 0. The van der Waals surface area contributed by atoms with Crippen LogP contribution in [-0.2, 0) is 14.3 Å². The van der Waals surface area contributed by atoms with Crippen LogP contribution in [0.25, 0.3) is 0 Å². The van der Waals surface area contributed by atoms with Crippen LogP contribution in [0.4, 0.5) is 0 Å². The molecule has 0 bridgehead atoms. The van der Waals surface area contributed by atoms with Gasteiger partial charge in [0.05, 0.1) is 19.3 Å². The maximum Gasteiger partial charge on any atom is 0.137 e. The fourth-order valence-electron chi connectivity index (χ4n) is 0.967. The molecule has 0 aromatic carbocycles. The van der Waals surface area contributed by atoms with E-state index in [0.29, 0.717) is 26.1 Å². The molecule has 1 fully saturated rings. The lowest BCUT2D eigenvalue weighted by atomic mass is 10.2. The van der Waals surface area contributed by atoms with Crippen molar-refractivity contribution in [3.8, 4) is 0 Å². The molecule has 0 unspecified atom stereocenters. The lowest BCUT2D eigenvalue weighted by Crippen LogP contribution is -2.17. The molecule has 0 N–H and O–H groups in total. The van der Waals surface area contributed by atoms with Crippen molar-refractivity contribution in [1.82, 2.24) is 0 Å². The van der Waals surface area contributed by atoms with Gasteiger partial charge in [0, 0.05) is 20.0 Å². The first-order valence-electron chi connectivity index (χ1n) is 3.45. The highest BCUT2D eigenvalue weighted by molar-refractivity contribution is 5.79. The Kier molecular flexibility index (Phi) is 2.83. The van der Waals surface area contributed by atoms with E-state index in [4.69, 9.17) is 9.47 Å². The van der Waals surface area contributed by atoms with Gasteiger partial charge in [-0.3, -0.25) is 4.79 Å². The van der Waals surface area contributed by atoms with Crippen molar-refractivity contribution in [3.63, 3.8) is 0 Å². The van der Waals surface area contributed by atoms with Crippen LogP contribution in [0, 0.1) is 0 Å². The molecule has 0 spiro atoms. The molecule has 1 aliphatic rings. The van der Waals surface area contributed by atoms with Gasteiger partial charge in [0.2, 0.25) is 0 Å². The predicted molar refractivity (Wildman–Crippen MR) is 35.9 cm³/mol. The van der Waals surface area contributed by atoms with Gasteiger partial charge in [-0.15, -0.1) is 0 Å². The first-order valence-corrected chi connectivity index (χ1v) is 3.45. The third kappa shape index (κ3) is 2.08. The molecule has 1 atom stereocenters. The molecule has 0 aromatic heterocycles. The minimum atomic E-state index is -0.0185. The summed E-state index contributed by atoms with van der Waals surface area (Å²) in [7, 11) is 1.60. The van der Waals surface area contributed by atoms with E-state index in [2.05, 4.69) is 0 Å². The van der Waals surface area contributed by atoms with E-state index in [1.165, 1.54) is 0 Å². The quantitative estimate of drug-likeness (QED) is 0.533. The van der Waals surface area contributed by atoms with Gasteiger partial charge in [-0.25, -0.2) is 0 Å². The lowest BCUT2D eigenvalue weighted by molar-refractivity contribution is -0.120. The van der Waals surface area contributed by atoms with Crippen LogP contribution < -0.4 is 0 Å². The second kappa shape index (κ2) is 3.68. The van der Waals surface area contributed by atoms with E-state index in [0.717, 1.165) is 0 Å². The summed E-state index contributed by atoms with van der Waals surface area (Å²) in [6, 6.07) is 0. The molecule has 1 aliphatic heterocycles. The van der Waals surface area contributed by atoms with Crippen molar-refractivity contribution < 1.29 is 14.3 Å². The van der Waals surface area contributed by atoms with E-state index in [9.17, 15) is 4.79 Å². The van der Waals surface area contributed by atoms with Gasteiger partial charge in [-0.1, -0.05) is 0 Å². The van der Waals surface area contributed by atoms with Gasteiger partial charge >= 0.3 is 0 Å². The smallest absolute Gasteiger partial charge is 0.137 e. The number of methoxy groups -OCH3 is 1. The molecule has 3 heteroatoms. The lowest BCUT2D eigenvalue weighted by Gasteiger charge is -2.08. The summed E-state index contributed by atoms with van der Waals surface area (Å²) in [4.78, 5) is 10.9. The van der Waals surface area contributed by atoms with Crippen LogP contribution in [0.1, 0.15) is 12.8 Å². The third-order valence-electron chi connectivity index (χ3n) is 1.62. The minimum absolute atomic E-state index is 0.0185. The third-order valence-corrected chi connectivity index (χ3v) is 1.62. The molecule has 10 heavy (non-hydrogen) atoms. The fourth-order valence-corrected chi connectivity index (χ4v) is 0.967. The van der Waals surface area contributed by atoms with E-state index >= 15 is 0 Å². The average Bonchev–Trinajstić information content (AvgIpc) is 2.13. The molecule has 58 valence electrons. The molecule has 0 radical (unpaired) electrons. The van der Waals surface area contributed by atoms with E-state index in [-0.39, 0.29) is 11.9 Å². The number of ketones is 1. The molecule has 1 saturated heterocycles. The van der Waals surface area contributed by atoms with Gasteiger partial charge in [-0.05, 0) is 0 Å². The standard InChI is InChI=1S/C7H12O3/c1-9-7-4-6(8)2-3-10-5-7/h7H,2-5H2,1H3/t7-/m1/s1. The second-order valence-corrected chi connectivity index (χ2v) is 2.43. The van der Waals surface area contributed by atoms with Crippen molar-refractivity contribution in [2.45, 2.75) is 18.9 Å². The normalized spacial score (nSPS) is 28.1. The van der Waals surface area contributed by atoms with Crippen molar-refractivity contribution in [1.29, 1.82) is 0 Å². The molecule has 1 heterocycles. The Balaban J connectivity index is 2.38. The maximum atomic E-state index is 10.9. The zero-order valence-corrected chi connectivity index (χ0v) is 6.13. The number of hydrogen-bond donors (Lipinski definition) is 0. The zero-order valence-electron chi connectivity index (χ0n) is 6.13. The Morgan fingerprint density at radius 3 is 3.20 bits per heavy atom. The maximum absolute atomic E-state index is 10.9. The highest BCUT2D eigenvalue weighted by Crippen LogP contribution is 2.06. The van der Waals surface area contributed by atoms with Crippen LogP contribution in [0.3, 0.4) is 0 Å². The molecule has 3 nitrogen and oxygen atoms in total. The fraction of sp³-hybridized carbons (Fsp3) is 0.857. The number of Topliss-reactive ketones (excluding diaryl/α,β-unsaturated/α-hetero) is 1. The predicted octanol–water partition coefficient (Wildman–Crippen LogP) is 0.381. The summed E-state index contributed by atoms with van der Waals surface area (Å²) in [5.74, 6) is 0.240. The highest BCUT2D eigenvalue weighted by Gasteiger charge is 2.16. The van der Waals surface area contributed by atoms with Crippen LogP contribution in [0.5, 0.6) is 0 Å². The summed E-state index contributed by atoms with van der Waals surface area (Å²) in [5.41, 5.74) is 0. The van der Waals surface area contributed by atoms with Gasteiger partial charge in [0.1, 0.15) is 5.78 Å². The van der Waals surface area contributed by atoms with E-state index < -0.39 is 0 Å². The summed E-state index contributed by atoms with van der Waals surface area (Å²) in [5, 5.41) is 0. The first kappa shape index (κ1) is 7.69. The first-order chi connectivity index (χ1) is 4.83. The molecule has 1 rings (SSSR count). The SMILES string of the molecule is CO[C@H]1COCCC(=O)C1. The Bertz CT molecular complexity index is 122. The highest BCUT2D eigenvalue weighted by atomic mass is 16.5. The monoisotopic (exact) mass is 144 g/mol. The zero-order chi connectivity index (χ0) is 7.40. The van der Waals surface area contributed by atoms with Gasteiger partial charge in [-0.2, -0.15) is 0 Å². The van der Waals surface area contributed by atoms with Crippen LogP contribution in [0.15, 0.2) is 0 Å². The Morgan fingerprint density at radius 1 is 1.70 bits per heavy atom.